The van der Waals surface area contributed by atoms with Crippen molar-refractivity contribution in [2.45, 2.75) is 59.5 Å². The average Bonchev–Trinajstić information content (AvgIpc) is 2.61. The van der Waals surface area contributed by atoms with Crippen molar-refractivity contribution < 1.29 is 14.3 Å². The zero-order valence-corrected chi connectivity index (χ0v) is 16.0. The third-order valence-electron chi connectivity index (χ3n) is 5.21. The summed E-state index contributed by atoms with van der Waals surface area (Å²) in [6.45, 7) is 8.29. The molecule has 1 atom stereocenters. The van der Waals surface area contributed by atoms with Crippen LogP contribution in [0.15, 0.2) is 24.3 Å². The fourth-order valence-electron chi connectivity index (χ4n) is 3.43. The summed E-state index contributed by atoms with van der Waals surface area (Å²) in [4.78, 5) is 24.6. The van der Waals surface area contributed by atoms with Crippen LogP contribution >= 0.6 is 0 Å². The molecule has 0 unspecified atom stereocenters. The van der Waals surface area contributed by atoms with Crippen LogP contribution in [0.5, 0.6) is 0 Å². The summed E-state index contributed by atoms with van der Waals surface area (Å²) in [5, 5.41) is 11.6. The molecule has 0 radical (unpaired) electrons. The molecule has 5 heteroatoms. The van der Waals surface area contributed by atoms with E-state index < -0.39 is 12.0 Å². The Morgan fingerprint density at radius 3 is 2.46 bits per heavy atom. The molecule has 5 nitrogen and oxygen atoms in total. The summed E-state index contributed by atoms with van der Waals surface area (Å²) in [5.74, 6) is -0.173. The van der Waals surface area contributed by atoms with Gasteiger partial charge in [-0.1, -0.05) is 26.8 Å². The summed E-state index contributed by atoms with van der Waals surface area (Å²) in [6.07, 6.45) is 2.81. The molecular weight excluding hydrogens is 328 g/mol. The van der Waals surface area contributed by atoms with Gasteiger partial charge in [0.15, 0.2) is 6.10 Å². The van der Waals surface area contributed by atoms with Crippen LogP contribution < -0.4 is 5.32 Å². The van der Waals surface area contributed by atoms with E-state index in [4.69, 9.17) is 10.00 Å². The maximum absolute atomic E-state index is 12.4. The fourth-order valence-corrected chi connectivity index (χ4v) is 3.43. The molecule has 2 rings (SSSR count). The summed E-state index contributed by atoms with van der Waals surface area (Å²) in [7, 11) is 0. The highest BCUT2D eigenvalue weighted by Crippen LogP contribution is 2.40. The number of anilines is 1. The van der Waals surface area contributed by atoms with E-state index in [1.54, 1.807) is 31.2 Å². The highest BCUT2D eigenvalue weighted by atomic mass is 16.5. The monoisotopic (exact) mass is 356 g/mol. The van der Waals surface area contributed by atoms with Gasteiger partial charge in [0.2, 0.25) is 0 Å². The third-order valence-corrected chi connectivity index (χ3v) is 5.21. The lowest BCUT2D eigenvalue weighted by Gasteiger charge is -2.36. The van der Waals surface area contributed by atoms with Gasteiger partial charge >= 0.3 is 5.97 Å². The quantitative estimate of drug-likeness (QED) is 0.817. The molecule has 1 aliphatic carbocycles. The molecule has 1 aromatic carbocycles. The van der Waals surface area contributed by atoms with E-state index in [0.29, 0.717) is 17.2 Å². The molecule has 1 fully saturated rings. The number of nitrogens with one attached hydrogen (secondary N) is 1. The van der Waals surface area contributed by atoms with Crippen LogP contribution in [0, 0.1) is 28.6 Å². The van der Waals surface area contributed by atoms with Gasteiger partial charge in [-0.25, -0.2) is 0 Å². The smallest absolute Gasteiger partial charge is 0.309 e. The zero-order valence-electron chi connectivity index (χ0n) is 16.0. The molecule has 26 heavy (non-hydrogen) atoms. The maximum atomic E-state index is 12.4. The van der Waals surface area contributed by atoms with Gasteiger partial charge in [-0.05, 0) is 62.1 Å². The van der Waals surface area contributed by atoms with Crippen LogP contribution in [0.1, 0.15) is 58.9 Å². The van der Waals surface area contributed by atoms with E-state index in [2.05, 4.69) is 26.1 Å². The van der Waals surface area contributed by atoms with Crippen LogP contribution in [0.4, 0.5) is 5.69 Å². The van der Waals surface area contributed by atoms with E-state index in [9.17, 15) is 9.59 Å². The first kappa shape index (κ1) is 20.0. The van der Waals surface area contributed by atoms with Gasteiger partial charge in [-0.15, -0.1) is 0 Å². The molecule has 0 spiro atoms. The number of carbonyl (C=O) groups is 2. The molecular formula is C21H28N2O3. The van der Waals surface area contributed by atoms with E-state index in [-0.39, 0.29) is 17.3 Å². The number of rotatable bonds is 4. The SMILES string of the molecule is C[C@@H](OC(=O)C1CCC(C(C)(C)C)CC1)C(=O)Nc1cccc(C#N)c1. The maximum Gasteiger partial charge on any atom is 0.309 e. The zero-order chi connectivity index (χ0) is 19.3. The number of esters is 1. The number of hydrogen-bond acceptors (Lipinski definition) is 4. The number of amides is 1. The van der Waals surface area contributed by atoms with Gasteiger partial charge in [0.25, 0.3) is 5.91 Å². The Morgan fingerprint density at radius 2 is 1.88 bits per heavy atom. The first-order valence-corrected chi connectivity index (χ1v) is 9.22. The number of nitriles is 1. The predicted molar refractivity (Wildman–Crippen MR) is 100 cm³/mol. The lowest BCUT2D eigenvalue weighted by atomic mass is 9.70. The van der Waals surface area contributed by atoms with Crippen LogP contribution in [-0.2, 0) is 14.3 Å². The summed E-state index contributed by atoms with van der Waals surface area (Å²) in [6, 6.07) is 8.65. The largest absolute Gasteiger partial charge is 0.452 e. The fraction of sp³-hybridized carbons (Fsp3) is 0.571. The van der Waals surface area contributed by atoms with Crippen LogP contribution in [0.25, 0.3) is 0 Å². The van der Waals surface area contributed by atoms with Gasteiger partial charge < -0.3 is 10.1 Å². The first-order chi connectivity index (χ1) is 12.2. The first-order valence-electron chi connectivity index (χ1n) is 9.22. The van der Waals surface area contributed by atoms with Crippen molar-refractivity contribution in [2.24, 2.45) is 17.3 Å². The Morgan fingerprint density at radius 1 is 1.23 bits per heavy atom. The van der Waals surface area contributed by atoms with Gasteiger partial charge in [0.1, 0.15) is 0 Å². The van der Waals surface area contributed by atoms with Crippen molar-refractivity contribution in [1.82, 2.24) is 0 Å². The Bertz CT molecular complexity index is 692. The second-order valence-electron chi connectivity index (χ2n) is 8.18. The Hall–Kier alpha value is -2.35. The van der Waals surface area contributed by atoms with Crippen LogP contribution in [0.3, 0.4) is 0 Å². The number of nitrogens with zero attached hydrogens (tertiary/aromatic N) is 1. The normalized spacial score (nSPS) is 21.3. The van der Waals surface area contributed by atoms with Crippen molar-refractivity contribution in [3.8, 4) is 6.07 Å². The third kappa shape index (κ3) is 5.32. The van der Waals surface area contributed by atoms with E-state index >= 15 is 0 Å². The molecule has 1 aromatic rings. The van der Waals surface area contributed by atoms with Gasteiger partial charge in [-0.2, -0.15) is 5.26 Å². The molecule has 0 bridgehead atoms. The summed E-state index contributed by atoms with van der Waals surface area (Å²) >= 11 is 0. The summed E-state index contributed by atoms with van der Waals surface area (Å²) < 4.78 is 5.39. The molecule has 140 valence electrons. The van der Waals surface area contributed by atoms with E-state index in [1.807, 2.05) is 6.07 Å². The number of hydrogen-bond donors (Lipinski definition) is 1. The molecule has 0 saturated heterocycles. The Kier molecular flexibility index (Phi) is 6.42. The molecule has 1 saturated carbocycles. The molecule has 0 aliphatic heterocycles. The number of benzene rings is 1. The highest BCUT2D eigenvalue weighted by Gasteiger charge is 2.34. The molecule has 0 aromatic heterocycles. The Balaban J connectivity index is 1.85. The van der Waals surface area contributed by atoms with Gasteiger partial charge in [0.05, 0.1) is 17.6 Å². The molecule has 1 aliphatic rings. The standard InChI is InChI=1S/C21H28N2O3/c1-14(19(24)23-18-7-5-6-15(12-18)13-22)26-20(25)16-8-10-17(11-9-16)21(2,3)4/h5-7,12,14,16-17H,8-11H2,1-4H3,(H,23,24)/t14-,16?,17?/m1/s1. The van der Waals surface area contributed by atoms with E-state index in [1.165, 1.54) is 0 Å². The van der Waals surface area contributed by atoms with Crippen molar-refractivity contribution in [2.75, 3.05) is 5.32 Å². The molecule has 1 amide bonds. The summed E-state index contributed by atoms with van der Waals surface area (Å²) in [5.41, 5.74) is 1.24. The minimum absolute atomic E-state index is 0.120. The van der Waals surface area contributed by atoms with Gasteiger partial charge in [-0.3, -0.25) is 9.59 Å². The lowest BCUT2D eigenvalue weighted by Crippen LogP contribution is -2.34. The van der Waals surface area contributed by atoms with Crippen molar-refractivity contribution in [3.05, 3.63) is 29.8 Å². The number of carbonyl (C=O) groups excluding carboxylic acids is 2. The van der Waals surface area contributed by atoms with E-state index in [0.717, 1.165) is 25.7 Å². The highest BCUT2D eigenvalue weighted by molar-refractivity contribution is 5.95. The minimum Gasteiger partial charge on any atom is -0.452 e. The van der Waals surface area contributed by atoms with Crippen molar-refractivity contribution >= 4 is 17.6 Å². The van der Waals surface area contributed by atoms with Crippen molar-refractivity contribution in [3.63, 3.8) is 0 Å². The minimum atomic E-state index is -0.867. The Labute approximate surface area is 155 Å². The second kappa shape index (κ2) is 8.35. The van der Waals surface area contributed by atoms with Crippen LogP contribution in [0.2, 0.25) is 0 Å². The predicted octanol–water partition coefficient (Wildman–Crippen LogP) is 4.28. The topological polar surface area (TPSA) is 79.2 Å². The van der Waals surface area contributed by atoms with Crippen molar-refractivity contribution in [1.29, 1.82) is 5.26 Å². The van der Waals surface area contributed by atoms with Gasteiger partial charge in [0, 0.05) is 5.69 Å². The lowest BCUT2D eigenvalue weighted by molar-refractivity contribution is -0.158. The van der Waals surface area contributed by atoms with Crippen LogP contribution in [-0.4, -0.2) is 18.0 Å². The molecule has 1 N–H and O–H groups in total. The second-order valence-corrected chi connectivity index (χ2v) is 8.18. The molecule has 0 heterocycles. The average molecular weight is 356 g/mol. The number of ether oxygens (including phenoxy) is 1.